The molecule has 0 fully saturated rings. The van der Waals surface area contributed by atoms with Crippen LogP contribution in [0, 0.1) is 0 Å². The quantitative estimate of drug-likeness (QED) is 0.0858. The first-order valence-electron chi connectivity index (χ1n) is 14.9. The minimum absolute atomic E-state index is 0.0270. The number of nitrogens with two attached hydrogens (primary N) is 1. The molecule has 2 heterocycles. The molecule has 8 N–H and O–H groups in total. The summed E-state index contributed by atoms with van der Waals surface area (Å²) in [5, 5.41) is 42.0. The summed E-state index contributed by atoms with van der Waals surface area (Å²) < 4.78 is 10.6. The Labute approximate surface area is 285 Å². The highest BCUT2D eigenvalue weighted by Gasteiger charge is 2.18. The number of hydrogen-bond donors (Lipinski definition) is 7. The second-order valence-electron chi connectivity index (χ2n) is 10.8. The molecular weight excluding hydrogens is 650 g/mol. The third kappa shape index (κ3) is 9.26. The number of primary amides is 1. The summed E-state index contributed by atoms with van der Waals surface area (Å²) in [6.07, 6.45) is -0.373. The third-order valence-electron chi connectivity index (χ3n) is 7.18. The van der Waals surface area contributed by atoms with Crippen LogP contribution in [0.1, 0.15) is 27.2 Å². The van der Waals surface area contributed by atoms with E-state index in [4.69, 9.17) is 15.2 Å². The topological polar surface area (TPSA) is 255 Å². The lowest BCUT2D eigenvalue weighted by atomic mass is 9.80. The van der Waals surface area contributed by atoms with Gasteiger partial charge in [0.2, 0.25) is 11.9 Å². The van der Waals surface area contributed by atoms with Crippen molar-refractivity contribution in [1.82, 2.24) is 19.9 Å². The molecule has 0 bridgehead atoms. The van der Waals surface area contributed by atoms with Gasteiger partial charge >= 0.3 is 26.4 Å². The van der Waals surface area contributed by atoms with Gasteiger partial charge in [0.15, 0.2) is 17.0 Å². The zero-order valence-corrected chi connectivity index (χ0v) is 26.4. The van der Waals surface area contributed by atoms with Crippen LogP contribution >= 0.6 is 0 Å². The summed E-state index contributed by atoms with van der Waals surface area (Å²) in [5.41, 5.74) is 8.72. The molecule has 0 aliphatic heterocycles. The van der Waals surface area contributed by atoms with Crippen molar-refractivity contribution in [1.29, 1.82) is 0 Å². The smallest absolute Gasteiger partial charge is 0.444 e. The van der Waals surface area contributed by atoms with E-state index in [1.165, 1.54) is 30.5 Å². The molecule has 0 aliphatic rings. The number of carbonyl (C=O) groups is 3. The van der Waals surface area contributed by atoms with Crippen molar-refractivity contribution >= 4 is 71.9 Å². The molecule has 5 rings (SSSR count). The van der Waals surface area contributed by atoms with Crippen LogP contribution in [0.2, 0.25) is 0 Å². The molecule has 0 unspecified atom stereocenters. The number of amides is 3. The molecule has 3 aromatic carbocycles. The first-order chi connectivity index (χ1) is 23.9. The Morgan fingerprint density at radius 3 is 1.82 bits per heavy atom. The van der Waals surface area contributed by atoms with E-state index < -0.39 is 32.3 Å². The summed E-state index contributed by atoms with van der Waals surface area (Å²) in [6, 6.07) is 18.8. The fourth-order valence-electron chi connectivity index (χ4n) is 4.51. The van der Waals surface area contributed by atoms with Crippen molar-refractivity contribution in [3.8, 4) is 0 Å². The van der Waals surface area contributed by atoms with Gasteiger partial charge in [0.05, 0.1) is 18.4 Å². The molecule has 0 saturated carbocycles. The van der Waals surface area contributed by atoms with Gasteiger partial charge in [0.1, 0.15) is 13.2 Å². The second-order valence-corrected chi connectivity index (χ2v) is 10.8. The summed E-state index contributed by atoms with van der Waals surface area (Å²) in [7, 11) is -1.47. The zero-order chi connectivity index (χ0) is 35.8. The molecule has 5 aromatic rings. The average Bonchev–Trinajstić information content (AvgIpc) is 3.10. The Hall–Kier alpha value is -6.14. The Balaban J connectivity index is 1.34. The lowest BCUT2D eigenvalue weighted by Crippen LogP contribution is -2.29. The fourth-order valence-corrected chi connectivity index (χ4v) is 4.51. The molecule has 0 atom stereocenters. The normalized spacial score (nSPS) is 10.7. The summed E-state index contributed by atoms with van der Waals surface area (Å²) >= 11 is 0. The van der Waals surface area contributed by atoms with Crippen LogP contribution in [0.15, 0.2) is 79.0 Å². The van der Waals surface area contributed by atoms with Gasteiger partial charge in [-0.05, 0) is 46.3 Å². The number of hydrogen-bond acceptors (Lipinski definition) is 14. The highest BCUT2D eigenvalue weighted by Crippen LogP contribution is 2.22. The lowest BCUT2D eigenvalue weighted by molar-refractivity contribution is 0.1000. The van der Waals surface area contributed by atoms with Crippen molar-refractivity contribution in [3.05, 3.63) is 101 Å². The molecule has 0 saturated heterocycles. The molecule has 19 heteroatoms. The van der Waals surface area contributed by atoms with Crippen LogP contribution in [-0.2, 0) is 29.2 Å². The van der Waals surface area contributed by atoms with E-state index in [2.05, 4.69) is 30.6 Å². The Morgan fingerprint density at radius 2 is 1.30 bits per heavy atom. The van der Waals surface area contributed by atoms with Gasteiger partial charge in [-0.25, -0.2) is 19.6 Å². The standard InChI is InChI=1S/C31H30B2N8O9/c1-41(24-12-6-20(7-13-24)26(34)42)15-23-14-35-27-25(36-23)28(39-30(43)49-16-18-2-8-21(9-3-18)32(45)46)38-29(37-27)40-31(44)50-17-19-4-10-22(11-5-19)33(47)48/h2-14,45-48H,15-17H2,1H3,(H2,34,42)(H2,35,37,38,39,40,43,44). The largest absolute Gasteiger partial charge is 0.488 e. The lowest BCUT2D eigenvalue weighted by Gasteiger charge is -2.19. The molecule has 0 spiro atoms. The van der Waals surface area contributed by atoms with Crippen LogP contribution in [0.4, 0.5) is 27.0 Å². The number of benzene rings is 3. The Kier molecular flexibility index (Phi) is 11.1. The van der Waals surface area contributed by atoms with Gasteiger partial charge in [-0.1, -0.05) is 48.5 Å². The third-order valence-corrected chi connectivity index (χ3v) is 7.18. The predicted molar refractivity (Wildman–Crippen MR) is 182 cm³/mol. The van der Waals surface area contributed by atoms with Gasteiger partial charge in [0, 0.05) is 18.3 Å². The molecule has 50 heavy (non-hydrogen) atoms. The minimum Gasteiger partial charge on any atom is -0.444 e. The van der Waals surface area contributed by atoms with Gasteiger partial charge < -0.3 is 40.2 Å². The van der Waals surface area contributed by atoms with Crippen LogP contribution in [-0.4, -0.2) is 79.4 Å². The summed E-state index contributed by atoms with van der Waals surface area (Å²) in [5.74, 6) is -0.937. The fraction of sp³-hybridized carbons (Fsp3) is 0.129. The molecule has 2 aromatic heterocycles. The highest BCUT2D eigenvalue weighted by atomic mass is 16.6. The van der Waals surface area contributed by atoms with Gasteiger partial charge in [-0.3, -0.25) is 15.4 Å². The van der Waals surface area contributed by atoms with Crippen LogP contribution < -0.4 is 32.2 Å². The molecular formula is C31H30B2N8O9. The van der Waals surface area contributed by atoms with E-state index in [-0.39, 0.29) is 53.6 Å². The highest BCUT2D eigenvalue weighted by molar-refractivity contribution is 6.58. The number of aromatic nitrogens is 4. The van der Waals surface area contributed by atoms with E-state index in [1.807, 2.05) is 4.90 Å². The molecule has 3 amide bonds. The number of fused-ring (bicyclic) bond motifs is 1. The van der Waals surface area contributed by atoms with E-state index in [1.54, 1.807) is 55.6 Å². The van der Waals surface area contributed by atoms with Gasteiger partial charge in [-0.2, -0.15) is 9.97 Å². The first kappa shape index (κ1) is 35.2. The van der Waals surface area contributed by atoms with E-state index in [0.717, 1.165) is 5.69 Å². The van der Waals surface area contributed by atoms with E-state index in [0.29, 0.717) is 22.4 Å². The van der Waals surface area contributed by atoms with E-state index >= 15 is 0 Å². The number of carbonyl (C=O) groups excluding carboxylic acids is 3. The van der Waals surface area contributed by atoms with Crippen LogP contribution in [0.5, 0.6) is 0 Å². The number of nitrogens with zero attached hydrogens (tertiary/aromatic N) is 5. The second kappa shape index (κ2) is 15.8. The van der Waals surface area contributed by atoms with Crippen LogP contribution in [0.25, 0.3) is 11.2 Å². The van der Waals surface area contributed by atoms with Crippen molar-refractivity contribution < 1.29 is 44.0 Å². The Morgan fingerprint density at radius 1 is 0.760 bits per heavy atom. The average molecular weight is 680 g/mol. The van der Waals surface area contributed by atoms with Gasteiger partial charge in [-0.15, -0.1) is 0 Å². The maximum Gasteiger partial charge on any atom is 0.488 e. The summed E-state index contributed by atoms with van der Waals surface area (Å²) in [6.45, 7) is -0.0622. The van der Waals surface area contributed by atoms with Crippen molar-refractivity contribution in [2.45, 2.75) is 19.8 Å². The van der Waals surface area contributed by atoms with E-state index in [9.17, 15) is 34.5 Å². The predicted octanol–water partition coefficient (Wildman–Crippen LogP) is 0.0121. The summed E-state index contributed by atoms with van der Waals surface area (Å²) in [4.78, 5) is 56.2. The number of anilines is 3. The molecule has 254 valence electrons. The van der Waals surface area contributed by atoms with Crippen molar-refractivity contribution in [2.75, 3.05) is 22.6 Å². The number of rotatable bonds is 12. The first-order valence-corrected chi connectivity index (χ1v) is 14.9. The van der Waals surface area contributed by atoms with Gasteiger partial charge in [0.25, 0.3) is 0 Å². The maximum atomic E-state index is 12.9. The molecule has 0 radical (unpaired) electrons. The maximum absolute atomic E-state index is 12.9. The number of nitrogens with one attached hydrogen (secondary N) is 2. The minimum atomic E-state index is -1.64. The molecule has 17 nitrogen and oxygen atoms in total. The van der Waals surface area contributed by atoms with Crippen LogP contribution in [0.3, 0.4) is 0 Å². The molecule has 0 aliphatic carbocycles. The SMILES string of the molecule is CN(Cc1cnc2nc(NC(=O)OCc3ccc(B(O)O)cc3)nc(NC(=O)OCc3ccc(B(O)O)cc3)c2n1)c1ccc(C(N)=O)cc1. The van der Waals surface area contributed by atoms with Crippen molar-refractivity contribution in [3.63, 3.8) is 0 Å². The monoisotopic (exact) mass is 680 g/mol. The number of ether oxygens (including phenoxy) is 2. The van der Waals surface area contributed by atoms with Crippen molar-refractivity contribution in [2.24, 2.45) is 5.73 Å². The zero-order valence-electron chi connectivity index (χ0n) is 26.4. The Bertz CT molecular complexity index is 1980.